The summed E-state index contributed by atoms with van der Waals surface area (Å²) in [6, 6.07) is 0. The van der Waals surface area contributed by atoms with Crippen molar-refractivity contribution < 1.29 is 4.79 Å². The van der Waals surface area contributed by atoms with Gasteiger partial charge in [0.1, 0.15) is 5.78 Å². The monoisotopic (exact) mass is 190 g/mol. The molecule has 74 valence electrons. The van der Waals surface area contributed by atoms with Crippen molar-refractivity contribution in [3.63, 3.8) is 0 Å². The Morgan fingerprint density at radius 3 is 2.93 bits per heavy atom. The maximum atomic E-state index is 11.5. The van der Waals surface area contributed by atoms with Crippen molar-refractivity contribution in [1.29, 1.82) is 0 Å². The van der Waals surface area contributed by atoms with Gasteiger partial charge in [-0.3, -0.25) is 4.79 Å². The highest BCUT2D eigenvalue weighted by Gasteiger charge is 2.41. The molecule has 0 aliphatic heterocycles. The minimum atomic E-state index is 0.341. The zero-order valence-electron chi connectivity index (χ0n) is 8.07. The van der Waals surface area contributed by atoms with E-state index in [4.69, 9.17) is 0 Å². The van der Waals surface area contributed by atoms with E-state index in [0.717, 1.165) is 19.3 Å². The molecule has 14 heavy (non-hydrogen) atoms. The number of fused-ring (bicyclic) bond motifs is 3. The lowest BCUT2D eigenvalue weighted by molar-refractivity contribution is -0.129. The smallest absolute Gasteiger partial charge is 0.136 e. The standard InChI is InChI=1S/C11H14N2O/c14-11-4-7-1-2-8(11)3-9(7)10-5-12-6-13-10/h5-9H,1-4H2,(H,12,13). The van der Waals surface area contributed by atoms with Crippen LogP contribution >= 0.6 is 0 Å². The third kappa shape index (κ3) is 1.11. The van der Waals surface area contributed by atoms with Gasteiger partial charge in [-0.2, -0.15) is 0 Å². The van der Waals surface area contributed by atoms with Crippen molar-refractivity contribution in [2.24, 2.45) is 11.8 Å². The van der Waals surface area contributed by atoms with Gasteiger partial charge < -0.3 is 4.98 Å². The lowest BCUT2D eigenvalue weighted by Crippen LogP contribution is -2.36. The van der Waals surface area contributed by atoms with Crippen molar-refractivity contribution in [2.75, 3.05) is 0 Å². The number of aromatic nitrogens is 2. The quantitative estimate of drug-likeness (QED) is 0.735. The van der Waals surface area contributed by atoms with Gasteiger partial charge in [0.15, 0.2) is 0 Å². The van der Waals surface area contributed by atoms with Crippen LogP contribution in [0, 0.1) is 11.8 Å². The second-order valence-electron chi connectivity index (χ2n) is 4.55. The maximum absolute atomic E-state index is 11.5. The Morgan fingerprint density at radius 2 is 2.36 bits per heavy atom. The number of nitrogens with zero attached hydrogens (tertiary/aromatic N) is 1. The third-order valence-corrected chi connectivity index (χ3v) is 3.83. The molecule has 0 amide bonds. The summed E-state index contributed by atoms with van der Waals surface area (Å²) in [6.45, 7) is 0. The summed E-state index contributed by atoms with van der Waals surface area (Å²) >= 11 is 0. The molecule has 3 fully saturated rings. The van der Waals surface area contributed by atoms with Gasteiger partial charge in [0.2, 0.25) is 0 Å². The summed E-state index contributed by atoms with van der Waals surface area (Å²) in [7, 11) is 0. The van der Waals surface area contributed by atoms with E-state index in [-0.39, 0.29) is 0 Å². The number of H-pyrrole nitrogens is 1. The van der Waals surface area contributed by atoms with Crippen LogP contribution in [0.15, 0.2) is 12.5 Å². The molecule has 0 saturated heterocycles. The fraction of sp³-hybridized carbons (Fsp3) is 0.636. The van der Waals surface area contributed by atoms with Crippen LogP contribution in [0.3, 0.4) is 0 Å². The number of ketones is 1. The Labute approximate surface area is 82.9 Å². The number of nitrogens with one attached hydrogen (secondary N) is 1. The van der Waals surface area contributed by atoms with Crippen molar-refractivity contribution in [1.82, 2.24) is 9.97 Å². The zero-order valence-corrected chi connectivity index (χ0v) is 8.07. The molecule has 3 atom stereocenters. The molecule has 3 heteroatoms. The molecular weight excluding hydrogens is 176 g/mol. The average Bonchev–Trinajstić information content (AvgIpc) is 2.71. The Kier molecular flexibility index (Phi) is 1.72. The minimum Gasteiger partial charge on any atom is -0.348 e. The summed E-state index contributed by atoms with van der Waals surface area (Å²) in [5.74, 6) is 1.98. The van der Waals surface area contributed by atoms with Crippen LogP contribution in [0.25, 0.3) is 0 Å². The molecule has 2 bridgehead atoms. The highest BCUT2D eigenvalue weighted by molar-refractivity contribution is 5.83. The van der Waals surface area contributed by atoms with Gasteiger partial charge >= 0.3 is 0 Å². The topological polar surface area (TPSA) is 45.8 Å². The first-order valence-electron chi connectivity index (χ1n) is 5.35. The molecule has 3 saturated carbocycles. The van der Waals surface area contributed by atoms with Gasteiger partial charge in [-0.15, -0.1) is 0 Å². The second kappa shape index (κ2) is 2.94. The SMILES string of the molecule is O=C1CC2CCC1CC2c1cnc[nH]1. The Morgan fingerprint density at radius 1 is 1.43 bits per heavy atom. The molecule has 3 aliphatic rings. The summed E-state index contributed by atoms with van der Waals surface area (Å²) in [4.78, 5) is 18.8. The van der Waals surface area contributed by atoms with Gasteiger partial charge in [0.25, 0.3) is 0 Å². The summed E-state index contributed by atoms with van der Waals surface area (Å²) < 4.78 is 0. The molecule has 0 radical (unpaired) electrons. The normalized spacial score (nSPS) is 36.3. The lowest BCUT2D eigenvalue weighted by Gasteiger charge is -2.40. The van der Waals surface area contributed by atoms with Crippen molar-refractivity contribution in [3.8, 4) is 0 Å². The lowest BCUT2D eigenvalue weighted by atomic mass is 9.63. The third-order valence-electron chi connectivity index (χ3n) is 3.83. The van der Waals surface area contributed by atoms with E-state index >= 15 is 0 Å². The molecule has 4 rings (SSSR count). The van der Waals surface area contributed by atoms with Gasteiger partial charge in [0.05, 0.1) is 6.33 Å². The van der Waals surface area contributed by atoms with Crippen molar-refractivity contribution in [2.45, 2.75) is 31.6 Å². The number of rotatable bonds is 1. The number of hydrogen-bond acceptors (Lipinski definition) is 2. The molecular formula is C11H14N2O. The number of carbonyl (C=O) groups is 1. The first kappa shape index (κ1) is 8.21. The van der Waals surface area contributed by atoms with Crippen LogP contribution in [0.4, 0.5) is 0 Å². The summed E-state index contributed by atoms with van der Waals surface area (Å²) in [5, 5.41) is 0. The molecule has 1 aromatic heterocycles. The van der Waals surface area contributed by atoms with Crippen LogP contribution < -0.4 is 0 Å². The van der Waals surface area contributed by atoms with Crippen LogP contribution in [0.1, 0.15) is 37.3 Å². The molecule has 1 heterocycles. The van der Waals surface area contributed by atoms with Gasteiger partial charge in [-0.05, 0) is 25.2 Å². The van der Waals surface area contributed by atoms with E-state index in [0.29, 0.717) is 23.5 Å². The van der Waals surface area contributed by atoms with Crippen LogP contribution in [0.5, 0.6) is 0 Å². The van der Waals surface area contributed by atoms with Crippen molar-refractivity contribution in [3.05, 3.63) is 18.2 Å². The number of hydrogen-bond donors (Lipinski definition) is 1. The fourth-order valence-corrected chi connectivity index (χ4v) is 3.05. The predicted octanol–water partition coefficient (Wildman–Crippen LogP) is 1.88. The molecule has 3 nitrogen and oxygen atoms in total. The highest BCUT2D eigenvalue weighted by Crippen LogP contribution is 2.47. The van der Waals surface area contributed by atoms with E-state index < -0.39 is 0 Å². The summed E-state index contributed by atoms with van der Waals surface area (Å²) in [6.07, 6.45) is 7.84. The molecule has 3 aliphatic carbocycles. The molecule has 0 spiro atoms. The number of carbonyl (C=O) groups excluding carboxylic acids is 1. The van der Waals surface area contributed by atoms with Crippen LogP contribution in [-0.4, -0.2) is 15.8 Å². The van der Waals surface area contributed by atoms with Gasteiger partial charge in [-0.25, -0.2) is 4.98 Å². The fourth-order valence-electron chi connectivity index (χ4n) is 3.05. The van der Waals surface area contributed by atoms with Crippen molar-refractivity contribution >= 4 is 5.78 Å². The first-order valence-corrected chi connectivity index (χ1v) is 5.35. The Bertz CT molecular complexity index is 344. The van der Waals surface area contributed by atoms with E-state index in [1.165, 1.54) is 12.1 Å². The van der Waals surface area contributed by atoms with Crippen LogP contribution in [0.2, 0.25) is 0 Å². The van der Waals surface area contributed by atoms with Gasteiger partial charge in [-0.1, -0.05) is 0 Å². The van der Waals surface area contributed by atoms with E-state index in [1.54, 1.807) is 6.33 Å². The number of imidazole rings is 1. The predicted molar refractivity (Wildman–Crippen MR) is 51.8 cm³/mol. The number of Topliss-reactive ketones (excluding diaryl/α,β-unsaturated/α-hetero) is 1. The zero-order chi connectivity index (χ0) is 9.54. The molecule has 0 aromatic carbocycles. The van der Waals surface area contributed by atoms with E-state index in [2.05, 4.69) is 9.97 Å². The molecule has 1 N–H and O–H groups in total. The minimum absolute atomic E-state index is 0.341. The Hall–Kier alpha value is -1.12. The van der Waals surface area contributed by atoms with E-state index in [9.17, 15) is 4.79 Å². The summed E-state index contributed by atoms with van der Waals surface area (Å²) in [5.41, 5.74) is 1.23. The van der Waals surface area contributed by atoms with Crippen LogP contribution in [-0.2, 0) is 4.79 Å². The number of aromatic amines is 1. The Balaban J connectivity index is 1.88. The largest absolute Gasteiger partial charge is 0.348 e. The second-order valence-corrected chi connectivity index (χ2v) is 4.55. The van der Waals surface area contributed by atoms with E-state index in [1.807, 2.05) is 6.20 Å². The highest BCUT2D eigenvalue weighted by atomic mass is 16.1. The van der Waals surface area contributed by atoms with Gasteiger partial charge in [0, 0.05) is 30.1 Å². The first-order chi connectivity index (χ1) is 6.84. The maximum Gasteiger partial charge on any atom is 0.136 e. The molecule has 3 unspecified atom stereocenters. The molecule has 1 aromatic rings. The average molecular weight is 190 g/mol.